The van der Waals surface area contributed by atoms with Crippen LogP contribution in [0.5, 0.6) is 0 Å². The Hall–Kier alpha value is -1.77. The smallest absolute Gasteiger partial charge is 0.212 e. The minimum absolute atomic E-state index is 0.473. The second kappa shape index (κ2) is 3.31. The highest BCUT2D eigenvalue weighted by atomic mass is 19.1. The first-order chi connectivity index (χ1) is 6.36. The maximum atomic E-state index is 12.5. The molecule has 0 aliphatic rings. The Labute approximate surface area is 75.1 Å². The molecule has 3 heteroatoms. The molecule has 0 N–H and O–H groups in total. The van der Waals surface area contributed by atoms with Crippen LogP contribution in [-0.2, 0) is 0 Å². The fourth-order valence-corrected chi connectivity index (χ4v) is 1.06. The number of aromatic nitrogens is 2. The molecule has 2 nitrogen and oxygen atoms in total. The molecule has 2 rings (SSSR count). The molecule has 0 aromatic carbocycles. The molecule has 2 aromatic heterocycles. The summed E-state index contributed by atoms with van der Waals surface area (Å²) in [6.07, 6.45) is 3.16. The predicted octanol–water partition coefficient (Wildman–Crippen LogP) is 2.28. The standard InChI is InChI=1S/C10H7FN2/c11-10-5-4-8(7-13-10)9-3-1-2-6-12-9/h1-7H. The summed E-state index contributed by atoms with van der Waals surface area (Å²) in [4.78, 5) is 7.67. The van der Waals surface area contributed by atoms with E-state index < -0.39 is 5.95 Å². The monoisotopic (exact) mass is 174 g/mol. The molecule has 0 fully saturated rings. The third-order valence-corrected chi connectivity index (χ3v) is 1.69. The number of pyridine rings is 2. The summed E-state index contributed by atoms with van der Waals surface area (Å²) in [7, 11) is 0. The maximum absolute atomic E-state index is 12.5. The van der Waals surface area contributed by atoms with E-state index in [0.717, 1.165) is 11.3 Å². The number of nitrogens with zero attached hydrogens (tertiary/aromatic N) is 2. The predicted molar refractivity (Wildman–Crippen MR) is 47.4 cm³/mol. The van der Waals surface area contributed by atoms with Gasteiger partial charge in [-0.05, 0) is 24.3 Å². The van der Waals surface area contributed by atoms with Crippen LogP contribution < -0.4 is 0 Å². The summed E-state index contributed by atoms with van der Waals surface area (Å²) < 4.78 is 12.5. The lowest BCUT2D eigenvalue weighted by molar-refractivity contribution is 0.584. The molecule has 0 unspecified atom stereocenters. The van der Waals surface area contributed by atoms with Gasteiger partial charge in [0.25, 0.3) is 0 Å². The Morgan fingerprint density at radius 3 is 2.54 bits per heavy atom. The normalized spacial score (nSPS) is 9.92. The second-order valence-corrected chi connectivity index (χ2v) is 2.58. The Balaban J connectivity index is 2.42. The van der Waals surface area contributed by atoms with E-state index in [9.17, 15) is 4.39 Å². The van der Waals surface area contributed by atoms with Crippen molar-refractivity contribution >= 4 is 0 Å². The fraction of sp³-hybridized carbons (Fsp3) is 0. The van der Waals surface area contributed by atoms with Crippen LogP contribution >= 0.6 is 0 Å². The Kier molecular flexibility index (Phi) is 2.00. The van der Waals surface area contributed by atoms with Gasteiger partial charge < -0.3 is 0 Å². The van der Waals surface area contributed by atoms with Crippen LogP contribution in [-0.4, -0.2) is 9.97 Å². The average molecular weight is 174 g/mol. The molecule has 0 saturated heterocycles. The van der Waals surface area contributed by atoms with E-state index in [1.807, 2.05) is 18.2 Å². The van der Waals surface area contributed by atoms with E-state index in [4.69, 9.17) is 0 Å². The summed E-state index contributed by atoms with van der Waals surface area (Å²) in [6.45, 7) is 0. The van der Waals surface area contributed by atoms with Crippen LogP contribution in [0.2, 0.25) is 0 Å². The van der Waals surface area contributed by atoms with Crippen LogP contribution in [0.25, 0.3) is 11.3 Å². The highest BCUT2D eigenvalue weighted by molar-refractivity contribution is 5.56. The van der Waals surface area contributed by atoms with E-state index >= 15 is 0 Å². The molecular weight excluding hydrogens is 167 g/mol. The highest BCUT2D eigenvalue weighted by Crippen LogP contribution is 2.14. The molecule has 0 amide bonds. The van der Waals surface area contributed by atoms with Crippen molar-refractivity contribution in [2.75, 3.05) is 0 Å². The second-order valence-electron chi connectivity index (χ2n) is 2.58. The van der Waals surface area contributed by atoms with Gasteiger partial charge in [0.2, 0.25) is 5.95 Å². The van der Waals surface area contributed by atoms with Gasteiger partial charge in [-0.15, -0.1) is 0 Å². The number of halogens is 1. The van der Waals surface area contributed by atoms with Gasteiger partial charge in [-0.25, -0.2) is 4.98 Å². The minimum atomic E-state index is -0.473. The lowest BCUT2D eigenvalue weighted by atomic mass is 10.2. The highest BCUT2D eigenvalue weighted by Gasteiger charge is 1.97. The van der Waals surface area contributed by atoms with E-state index in [-0.39, 0.29) is 0 Å². The SMILES string of the molecule is Fc1ccc(-c2ccccn2)cn1. The molecule has 0 aliphatic carbocycles. The van der Waals surface area contributed by atoms with E-state index in [1.54, 1.807) is 12.3 Å². The van der Waals surface area contributed by atoms with Gasteiger partial charge in [0.1, 0.15) is 0 Å². The van der Waals surface area contributed by atoms with Crippen molar-refractivity contribution in [3.05, 3.63) is 48.7 Å². The molecule has 2 aromatic rings. The van der Waals surface area contributed by atoms with Crippen molar-refractivity contribution < 1.29 is 4.39 Å². The Morgan fingerprint density at radius 1 is 1.00 bits per heavy atom. The molecule has 0 spiro atoms. The first-order valence-corrected chi connectivity index (χ1v) is 3.89. The first kappa shape index (κ1) is 7.86. The lowest BCUT2D eigenvalue weighted by Gasteiger charge is -1.97. The summed E-state index contributed by atoms with van der Waals surface area (Å²) >= 11 is 0. The van der Waals surface area contributed by atoms with Crippen molar-refractivity contribution in [1.29, 1.82) is 0 Å². The van der Waals surface area contributed by atoms with Crippen LogP contribution in [0.4, 0.5) is 4.39 Å². The zero-order chi connectivity index (χ0) is 9.10. The molecule has 13 heavy (non-hydrogen) atoms. The summed E-state index contributed by atoms with van der Waals surface area (Å²) in [6, 6.07) is 8.55. The lowest BCUT2D eigenvalue weighted by Crippen LogP contribution is -1.85. The first-order valence-electron chi connectivity index (χ1n) is 3.89. The zero-order valence-electron chi connectivity index (χ0n) is 6.81. The van der Waals surface area contributed by atoms with Gasteiger partial charge in [-0.1, -0.05) is 6.07 Å². The minimum Gasteiger partial charge on any atom is -0.256 e. The van der Waals surface area contributed by atoms with Crippen LogP contribution in [0.15, 0.2) is 42.7 Å². The fourth-order valence-electron chi connectivity index (χ4n) is 1.06. The molecule has 64 valence electrons. The van der Waals surface area contributed by atoms with Gasteiger partial charge in [-0.3, -0.25) is 4.98 Å². The van der Waals surface area contributed by atoms with Crippen molar-refractivity contribution in [1.82, 2.24) is 9.97 Å². The largest absolute Gasteiger partial charge is 0.256 e. The van der Waals surface area contributed by atoms with Crippen LogP contribution in [0.1, 0.15) is 0 Å². The third-order valence-electron chi connectivity index (χ3n) is 1.69. The summed E-state index contributed by atoms with van der Waals surface area (Å²) in [5, 5.41) is 0. The maximum Gasteiger partial charge on any atom is 0.212 e. The van der Waals surface area contributed by atoms with E-state index in [1.165, 1.54) is 12.3 Å². The van der Waals surface area contributed by atoms with Gasteiger partial charge >= 0.3 is 0 Å². The van der Waals surface area contributed by atoms with E-state index in [0.29, 0.717) is 0 Å². The topological polar surface area (TPSA) is 25.8 Å². The molecular formula is C10H7FN2. The molecule has 0 saturated carbocycles. The quantitative estimate of drug-likeness (QED) is 0.620. The molecule has 0 atom stereocenters. The Morgan fingerprint density at radius 2 is 1.92 bits per heavy atom. The van der Waals surface area contributed by atoms with Crippen molar-refractivity contribution in [2.45, 2.75) is 0 Å². The van der Waals surface area contributed by atoms with Crippen LogP contribution in [0, 0.1) is 5.95 Å². The third kappa shape index (κ3) is 1.69. The van der Waals surface area contributed by atoms with Gasteiger partial charge in [0.15, 0.2) is 0 Å². The van der Waals surface area contributed by atoms with Gasteiger partial charge in [0.05, 0.1) is 5.69 Å². The zero-order valence-corrected chi connectivity index (χ0v) is 6.81. The number of hydrogen-bond donors (Lipinski definition) is 0. The van der Waals surface area contributed by atoms with E-state index in [2.05, 4.69) is 9.97 Å². The van der Waals surface area contributed by atoms with Gasteiger partial charge in [0, 0.05) is 18.0 Å². The summed E-state index contributed by atoms with van der Waals surface area (Å²) in [5.41, 5.74) is 1.62. The average Bonchev–Trinajstić information content (AvgIpc) is 2.20. The Bertz CT molecular complexity index is 383. The van der Waals surface area contributed by atoms with Crippen molar-refractivity contribution in [2.24, 2.45) is 0 Å². The van der Waals surface area contributed by atoms with Crippen LogP contribution in [0.3, 0.4) is 0 Å². The number of rotatable bonds is 1. The van der Waals surface area contributed by atoms with Crippen molar-refractivity contribution in [3.63, 3.8) is 0 Å². The van der Waals surface area contributed by atoms with Gasteiger partial charge in [-0.2, -0.15) is 4.39 Å². The summed E-state index contributed by atoms with van der Waals surface area (Å²) in [5.74, 6) is -0.473. The van der Waals surface area contributed by atoms with Crippen molar-refractivity contribution in [3.8, 4) is 11.3 Å². The molecule has 2 heterocycles. The molecule has 0 radical (unpaired) electrons. The molecule has 0 aliphatic heterocycles. The number of hydrogen-bond acceptors (Lipinski definition) is 2. The molecule has 0 bridgehead atoms.